The molecule has 6 aromatic rings. The molecule has 0 aliphatic rings. The fraction of sp³-hybridized carbons (Fsp3) is 0.182. The number of nitrogens with zero attached hydrogens (tertiary/aromatic N) is 2. The molecule has 36 heavy (non-hydrogen) atoms. The Hall–Kier alpha value is -4.11. The number of hydrogen-bond acceptors (Lipinski definition) is 2. The molecule has 0 unspecified atom stereocenters. The Morgan fingerprint density at radius 2 is 1.31 bits per heavy atom. The first-order valence-electron chi connectivity index (χ1n) is 12.7. The maximum atomic E-state index is 6.08. The normalized spacial score (nSPS) is 11.8. The van der Waals surface area contributed by atoms with Crippen LogP contribution in [0.3, 0.4) is 0 Å². The molecule has 3 nitrogen and oxygen atoms in total. The van der Waals surface area contributed by atoms with Gasteiger partial charge >= 0.3 is 0 Å². The van der Waals surface area contributed by atoms with Crippen LogP contribution in [0.5, 0.6) is 0 Å². The smallest absolute Gasteiger partial charge is 0.144 e. The monoisotopic (exact) mass is 470 g/mol. The lowest BCUT2D eigenvalue weighted by atomic mass is 9.88. The number of benzene rings is 4. The number of para-hydroxylation sites is 1. The van der Waals surface area contributed by atoms with Crippen molar-refractivity contribution in [3.63, 3.8) is 0 Å². The number of aromatic nitrogens is 2. The third-order valence-corrected chi connectivity index (χ3v) is 7.04. The van der Waals surface area contributed by atoms with Crippen molar-refractivity contribution in [2.45, 2.75) is 39.5 Å². The molecule has 0 saturated carbocycles. The minimum absolute atomic E-state index is 0.349. The first-order valence-corrected chi connectivity index (χ1v) is 12.7. The van der Waals surface area contributed by atoms with Gasteiger partial charge in [-0.2, -0.15) is 0 Å². The van der Waals surface area contributed by atoms with Crippen molar-refractivity contribution in [3.05, 3.63) is 108 Å². The maximum absolute atomic E-state index is 6.08. The zero-order chi connectivity index (χ0) is 24.8. The molecule has 0 amide bonds. The van der Waals surface area contributed by atoms with E-state index in [2.05, 4.69) is 105 Å². The second-order valence-corrected chi connectivity index (χ2v) is 10.1. The van der Waals surface area contributed by atoms with Crippen molar-refractivity contribution >= 4 is 21.9 Å². The van der Waals surface area contributed by atoms with Crippen molar-refractivity contribution in [3.8, 4) is 28.2 Å². The molecule has 178 valence electrons. The van der Waals surface area contributed by atoms with Gasteiger partial charge < -0.3 is 4.42 Å². The number of imidazole rings is 1. The Labute approximate surface area is 212 Å². The van der Waals surface area contributed by atoms with E-state index in [-0.39, 0.29) is 0 Å². The topological polar surface area (TPSA) is 31.0 Å². The SMILES string of the molecule is CC(C)c1cc(-c2ccc3oc4ccccc4c3c2)cc(C(C)C)c1-n1ccnc1-c1ccccc1. The number of rotatable bonds is 5. The fourth-order valence-corrected chi connectivity index (χ4v) is 5.20. The molecule has 0 fully saturated rings. The van der Waals surface area contributed by atoms with E-state index in [0.29, 0.717) is 11.8 Å². The van der Waals surface area contributed by atoms with Crippen LogP contribution < -0.4 is 0 Å². The Morgan fingerprint density at radius 3 is 2.03 bits per heavy atom. The molecule has 3 heteroatoms. The summed E-state index contributed by atoms with van der Waals surface area (Å²) in [5.41, 5.74) is 9.31. The molecule has 0 N–H and O–H groups in total. The third kappa shape index (κ3) is 3.72. The molecule has 0 spiro atoms. The Morgan fingerprint density at radius 1 is 0.639 bits per heavy atom. The second kappa shape index (κ2) is 8.83. The lowest BCUT2D eigenvalue weighted by Crippen LogP contribution is -2.08. The molecule has 0 atom stereocenters. The Balaban J connectivity index is 1.58. The molecule has 4 aromatic carbocycles. The molecule has 6 rings (SSSR count). The van der Waals surface area contributed by atoms with Gasteiger partial charge in [0.15, 0.2) is 0 Å². The van der Waals surface area contributed by atoms with Gasteiger partial charge in [-0.25, -0.2) is 4.98 Å². The maximum Gasteiger partial charge on any atom is 0.144 e. The van der Waals surface area contributed by atoms with Crippen LogP contribution in [0.1, 0.15) is 50.7 Å². The van der Waals surface area contributed by atoms with E-state index >= 15 is 0 Å². The summed E-state index contributed by atoms with van der Waals surface area (Å²) in [6, 6.07) is 30.0. The highest BCUT2D eigenvalue weighted by Gasteiger charge is 2.21. The highest BCUT2D eigenvalue weighted by Crippen LogP contribution is 2.39. The van der Waals surface area contributed by atoms with Crippen molar-refractivity contribution in [2.75, 3.05) is 0 Å². The largest absolute Gasteiger partial charge is 0.456 e. The standard InChI is InChI=1S/C33H30N2O/c1-21(2)27-19-25(24-14-15-31-29(18-24)26-12-8-9-13-30(26)36-31)20-28(22(3)4)32(27)35-17-16-34-33(35)23-10-6-5-7-11-23/h5-22H,1-4H3. The van der Waals surface area contributed by atoms with Gasteiger partial charge in [-0.05, 0) is 64.4 Å². The number of fused-ring (bicyclic) bond motifs is 3. The predicted octanol–water partition coefficient (Wildman–Crippen LogP) is 9.35. The van der Waals surface area contributed by atoms with Crippen LogP contribution >= 0.6 is 0 Å². The highest BCUT2D eigenvalue weighted by atomic mass is 16.3. The summed E-state index contributed by atoms with van der Waals surface area (Å²) in [7, 11) is 0. The Kier molecular flexibility index (Phi) is 5.49. The minimum atomic E-state index is 0.349. The van der Waals surface area contributed by atoms with E-state index in [1.807, 2.05) is 24.4 Å². The summed E-state index contributed by atoms with van der Waals surface area (Å²) in [6.07, 6.45) is 4.00. The molecule has 0 saturated heterocycles. The molecule has 2 aromatic heterocycles. The van der Waals surface area contributed by atoms with E-state index in [9.17, 15) is 0 Å². The van der Waals surface area contributed by atoms with Crippen LogP contribution in [0.4, 0.5) is 0 Å². The zero-order valence-corrected chi connectivity index (χ0v) is 21.2. The molecule has 0 radical (unpaired) electrons. The molecule has 0 aliphatic heterocycles. The van der Waals surface area contributed by atoms with E-state index in [4.69, 9.17) is 9.40 Å². The average Bonchev–Trinajstić information content (AvgIpc) is 3.53. The predicted molar refractivity (Wildman–Crippen MR) is 150 cm³/mol. The molecule has 2 heterocycles. The van der Waals surface area contributed by atoms with Crippen molar-refractivity contribution in [1.29, 1.82) is 0 Å². The first-order chi connectivity index (χ1) is 17.5. The summed E-state index contributed by atoms with van der Waals surface area (Å²) >= 11 is 0. The summed E-state index contributed by atoms with van der Waals surface area (Å²) < 4.78 is 8.35. The zero-order valence-electron chi connectivity index (χ0n) is 21.2. The lowest BCUT2D eigenvalue weighted by Gasteiger charge is -2.23. The van der Waals surface area contributed by atoms with E-state index in [0.717, 1.165) is 33.3 Å². The third-order valence-electron chi connectivity index (χ3n) is 7.04. The van der Waals surface area contributed by atoms with Crippen molar-refractivity contribution in [2.24, 2.45) is 0 Å². The lowest BCUT2D eigenvalue weighted by molar-refractivity contribution is 0.669. The van der Waals surface area contributed by atoms with E-state index < -0.39 is 0 Å². The van der Waals surface area contributed by atoms with Gasteiger partial charge in [0.2, 0.25) is 0 Å². The second-order valence-electron chi connectivity index (χ2n) is 10.1. The highest BCUT2D eigenvalue weighted by molar-refractivity contribution is 6.06. The number of hydrogen-bond donors (Lipinski definition) is 0. The van der Waals surface area contributed by atoms with Gasteiger partial charge in [0.25, 0.3) is 0 Å². The average molecular weight is 471 g/mol. The fourth-order valence-electron chi connectivity index (χ4n) is 5.20. The molecular formula is C33H30N2O. The summed E-state index contributed by atoms with van der Waals surface area (Å²) in [5.74, 6) is 1.67. The van der Waals surface area contributed by atoms with Gasteiger partial charge in [-0.1, -0.05) is 82.3 Å². The molecular weight excluding hydrogens is 440 g/mol. The quantitative estimate of drug-likeness (QED) is 0.251. The van der Waals surface area contributed by atoms with Crippen LogP contribution in [-0.4, -0.2) is 9.55 Å². The summed E-state index contributed by atoms with van der Waals surface area (Å²) in [6.45, 7) is 9.11. The van der Waals surface area contributed by atoms with Crippen molar-refractivity contribution < 1.29 is 4.42 Å². The van der Waals surface area contributed by atoms with Crippen LogP contribution in [0.2, 0.25) is 0 Å². The summed E-state index contributed by atoms with van der Waals surface area (Å²) in [4.78, 5) is 4.75. The molecule has 0 bridgehead atoms. The number of furan rings is 1. The van der Waals surface area contributed by atoms with Crippen LogP contribution in [0, 0.1) is 0 Å². The first kappa shape index (κ1) is 22.4. The summed E-state index contributed by atoms with van der Waals surface area (Å²) in [5, 5.41) is 2.32. The minimum Gasteiger partial charge on any atom is -0.456 e. The van der Waals surface area contributed by atoms with Gasteiger partial charge in [-0.15, -0.1) is 0 Å². The van der Waals surface area contributed by atoms with Gasteiger partial charge in [0, 0.05) is 28.7 Å². The van der Waals surface area contributed by atoms with E-state index in [1.54, 1.807) is 0 Å². The Bertz CT molecular complexity index is 1660. The van der Waals surface area contributed by atoms with Crippen LogP contribution in [0.25, 0.3) is 50.1 Å². The van der Waals surface area contributed by atoms with Gasteiger partial charge in [0.05, 0.1) is 5.69 Å². The van der Waals surface area contributed by atoms with Crippen LogP contribution in [-0.2, 0) is 0 Å². The van der Waals surface area contributed by atoms with Crippen LogP contribution in [0.15, 0.2) is 102 Å². The van der Waals surface area contributed by atoms with Gasteiger partial charge in [0.1, 0.15) is 17.0 Å². The molecule has 0 aliphatic carbocycles. The van der Waals surface area contributed by atoms with Crippen molar-refractivity contribution in [1.82, 2.24) is 9.55 Å². The van der Waals surface area contributed by atoms with Gasteiger partial charge in [-0.3, -0.25) is 4.57 Å². The van der Waals surface area contributed by atoms with E-state index in [1.165, 1.54) is 27.9 Å².